The molecule has 3 heterocycles. The second kappa shape index (κ2) is 8.00. The summed E-state index contributed by atoms with van der Waals surface area (Å²) in [6.07, 6.45) is -4.58. The van der Waals surface area contributed by atoms with Crippen LogP contribution in [0.2, 0.25) is 0 Å². The van der Waals surface area contributed by atoms with Crippen molar-refractivity contribution >= 4 is 23.0 Å². The van der Waals surface area contributed by atoms with Crippen molar-refractivity contribution in [1.29, 1.82) is 0 Å². The van der Waals surface area contributed by atoms with E-state index in [0.717, 1.165) is 4.57 Å². The smallest absolute Gasteiger partial charge is 0.426 e. The minimum absolute atomic E-state index is 0.0258. The molecule has 0 radical (unpaired) electrons. The summed E-state index contributed by atoms with van der Waals surface area (Å²) in [5.41, 5.74) is 6.89. The van der Waals surface area contributed by atoms with Gasteiger partial charge in [-0.1, -0.05) is 30.3 Å². The Morgan fingerprint density at radius 3 is 2.36 bits per heavy atom. The molecular formula is C22H16F3N7O4. The SMILES string of the molecule is COC(=O)c1cccc(-n2c(=O)[nH]c3c(C(N)=O)nc(-c4ccc(C5(C(F)(F)F)NN5)cc4)nc32)c1. The van der Waals surface area contributed by atoms with Crippen molar-refractivity contribution in [3.8, 4) is 17.1 Å². The number of alkyl halides is 3. The molecule has 0 aliphatic carbocycles. The molecule has 5 rings (SSSR count). The first kappa shape index (κ1) is 23.2. The average Bonchev–Trinajstić information content (AvgIpc) is 3.61. The predicted molar refractivity (Wildman–Crippen MR) is 119 cm³/mol. The van der Waals surface area contributed by atoms with Gasteiger partial charge >= 0.3 is 17.8 Å². The van der Waals surface area contributed by atoms with E-state index in [-0.39, 0.29) is 45.1 Å². The molecule has 1 amide bonds. The Morgan fingerprint density at radius 2 is 1.78 bits per heavy atom. The fourth-order valence-electron chi connectivity index (χ4n) is 3.80. The molecule has 1 saturated heterocycles. The van der Waals surface area contributed by atoms with Crippen LogP contribution in [0.4, 0.5) is 13.2 Å². The molecule has 0 bridgehead atoms. The number of hydrogen-bond acceptors (Lipinski definition) is 8. The number of aromatic nitrogens is 4. The lowest BCUT2D eigenvalue weighted by Crippen LogP contribution is -2.34. The van der Waals surface area contributed by atoms with Gasteiger partial charge in [0.05, 0.1) is 18.4 Å². The van der Waals surface area contributed by atoms with E-state index in [1.54, 1.807) is 0 Å². The van der Waals surface area contributed by atoms with Crippen molar-refractivity contribution in [2.75, 3.05) is 7.11 Å². The number of methoxy groups -OCH3 is 1. The lowest BCUT2D eigenvalue weighted by Gasteiger charge is -2.16. The summed E-state index contributed by atoms with van der Waals surface area (Å²) >= 11 is 0. The normalized spacial score (nSPS) is 14.6. The number of halogens is 3. The molecule has 0 spiro atoms. The fourth-order valence-corrected chi connectivity index (χ4v) is 3.80. The quantitative estimate of drug-likeness (QED) is 0.236. The molecule has 1 aliphatic heterocycles. The zero-order valence-corrected chi connectivity index (χ0v) is 18.3. The van der Waals surface area contributed by atoms with Gasteiger partial charge in [0, 0.05) is 5.56 Å². The van der Waals surface area contributed by atoms with Gasteiger partial charge in [-0.05, 0) is 23.8 Å². The Balaban J connectivity index is 1.66. The van der Waals surface area contributed by atoms with Gasteiger partial charge in [0.25, 0.3) is 5.91 Å². The Morgan fingerprint density at radius 1 is 1.08 bits per heavy atom. The highest BCUT2D eigenvalue weighted by Gasteiger charge is 2.65. The number of nitrogens with one attached hydrogen (secondary N) is 3. The van der Waals surface area contributed by atoms with E-state index in [2.05, 4.69) is 25.8 Å². The van der Waals surface area contributed by atoms with Crippen LogP contribution in [0.5, 0.6) is 0 Å². The number of fused-ring (bicyclic) bond motifs is 1. The highest BCUT2D eigenvalue weighted by atomic mass is 19.4. The number of aromatic amines is 1. The number of H-pyrrole nitrogens is 1. The van der Waals surface area contributed by atoms with Crippen molar-refractivity contribution in [3.05, 3.63) is 75.8 Å². The van der Waals surface area contributed by atoms with Gasteiger partial charge in [-0.3, -0.25) is 4.79 Å². The third kappa shape index (κ3) is 3.59. The van der Waals surface area contributed by atoms with Crippen molar-refractivity contribution in [2.45, 2.75) is 11.8 Å². The van der Waals surface area contributed by atoms with Crippen LogP contribution in [0.25, 0.3) is 28.2 Å². The molecule has 0 unspecified atom stereocenters. The van der Waals surface area contributed by atoms with E-state index >= 15 is 0 Å². The maximum Gasteiger partial charge on any atom is 0.426 e. The number of hydrazine groups is 1. The Kier molecular flexibility index (Phi) is 5.15. The third-order valence-corrected chi connectivity index (χ3v) is 5.67. The standard InChI is InChI=1S/C22H16F3N7O4/c1-36-19(34)11-3-2-4-13(9-11)32-18-15(28-20(32)35)14(16(26)33)27-17(29-18)10-5-7-12(8-6-10)21(30-31-21)22(23,24)25/h2-9,30-31H,1H3,(H2,26,33)(H,28,35). The number of carbonyl (C=O) groups is 2. The van der Waals surface area contributed by atoms with Gasteiger partial charge in [0.1, 0.15) is 5.52 Å². The topological polar surface area (TPSA) is 177 Å². The van der Waals surface area contributed by atoms with E-state index in [4.69, 9.17) is 10.5 Å². The van der Waals surface area contributed by atoms with Gasteiger partial charge in [-0.2, -0.15) is 13.2 Å². The number of rotatable bonds is 5. The van der Waals surface area contributed by atoms with Gasteiger partial charge in [0.15, 0.2) is 17.2 Å². The van der Waals surface area contributed by atoms with Crippen molar-refractivity contribution in [1.82, 2.24) is 30.4 Å². The van der Waals surface area contributed by atoms with Gasteiger partial charge < -0.3 is 15.5 Å². The van der Waals surface area contributed by atoms with Gasteiger partial charge in [-0.25, -0.2) is 35.0 Å². The van der Waals surface area contributed by atoms with E-state index in [1.807, 2.05) is 0 Å². The molecule has 0 atom stereocenters. The van der Waals surface area contributed by atoms with Crippen LogP contribution in [0.1, 0.15) is 26.4 Å². The average molecular weight is 499 g/mol. The van der Waals surface area contributed by atoms with Crippen LogP contribution < -0.4 is 22.3 Å². The first-order valence-electron chi connectivity index (χ1n) is 10.3. The monoisotopic (exact) mass is 499 g/mol. The molecule has 2 aromatic heterocycles. The van der Waals surface area contributed by atoms with E-state index < -0.39 is 29.4 Å². The van der Waals surface area contributed by atoms with Crippen LogP contribution >= 0.6 is 0 Å². The van der Waals surface area contributed by atoms with E-state index in [9.17, 15) is 27.6 Å². The number of carbonyl (C=O) groups excluding carboxylic acids is 2. The van der Waals surface area contributed by atoms with Crippen LogP contribution in [-0.2, 0) is 10.4 Å². The molecular weight excluding hydrogens is 483 g/mol. The number of hydrogen-bond donors (Lipinski definition) is 4. The molecule has 4 aromatic rings. The Labute approximate surface area is 199 Å². The summed E-state index contributed by atoms with van der Waals surface area (Å²) in [4.78, 5) is 47.9. The zero-order valence-electron chi connectivity index (χ0n) is 18.3. The second-order valence-corrected chi connectivity index (χ2v) is 7.84. The number of benzene rings is 2. The third-order valence-electron chi connectivity index (χ3n) is 5.67. The van der Waals surface area contributed by atoms with E-state index in [1.165, 1.54) is 55.6 Å². The Hall–Kier alpha value is -4.56. The van der Waals surface area contributed by atoms with Crippen LogP contribution in [0.3, 0.4) is 0 Å². The number of ether oxygens (including phenoxy) is 1. The number of imidazole rings is 1. The minimum atomic E-state index is -4.58. The maximum atomic E-state index is 13.4. The first-order chi connectivity index (χ1) is 17.1. The highest BCUT2D eigenvalue weighted by Crippen LogP contribution is 2.42. The highest BCUT2D eigenvalue weighted by molar-refractivity contribution is 6.02. The zero-order chi connectivity index (χ0) is 25.8. The number of primary amides is 1. The maximum absolute atomic E-state index is 13.4. The summed E-state index contributed by atoms with van der Waals surface area (Å²) in [5, 5.41) is 0. The van der Waals surface area contributed by atoms with Crippen molar-refractivity contribution < 1.29 is 27.5 Å². The van der Waals surface area contributed by atoms with Gasteiger partial charge in [-0.15, -0.1) is 0 Å². The summed E-state index contributed by atoms with van der Waals surface area (Å²) in [5.74, 6) is -1.65. The molecule has 11 nitrogen and oxygen atoms in total. The van der Waals surface area contributed by atoms with Crippen LogP contribution in [0, 0.1) is 0 Å². The summed E-state index contributed by atoms with van der Waals surface area (Å²) in [6.45, 7) is 0. The second-order valence-electron chi connectivity index (χ2n) is 7.84. The largest absolute Gasteiger partial charge is 0.465 e. The molecule has 14 heteroatoms. The number of esters is 1. The fraction of sp³-hybridized carbons (Fsp3) is 0.136. The lowest BCUT2D eigenvalue weighted by molar-refractivity contribution is -0.165. The lowest BCUT2D eigenvalue weighted by atomic mass is 10.0. The number of nitrogens with two attached hydrogens (primary N) is 1. The molecule has 2 aromatic carbocycles. The summed E-state index contributed by atoms with van der Waals surface area (Å²) in [7, 11) is 1.21. The predicted octanol–water partition coefficient (Wildman–Crippen LogP) is 1.48. The molecule has 0 saturated carbocycles. The molecule has 36 heavy (non-hydrogen) atoms. The minimum Gasteiger partial charge on any atom is -0.465 e. The molecule has 1 fully saturated rings. The molecule has 184 valence electrons. The van der Waals surface area contributed by atoms with Crippen LogP contribution in [-0.4, -0.2) is 44.7 Å². The van der Waals surface area contributed by atoms with Crippen molar-refractivity contribution in [2.24, 2.45) is 5.73 Å². The van der Waals surface area contributed by atoms with Crippen LogP contribution in [0.15, 0.2) is 53.3 Å². The Bertz CT molecular complexity index is 1590. The van der Waals surface area contributed by atoms with E-state index in [0.29, 0.717) is 0 Å². The first-order valence-corrected chi connectivity index (χ1v) is 10.3. The number of amides is 1. The molecule has 1 aliphatic rings. The summed E-state index contributed by atoms with van der Waals surface area (Å²) < 4.78 is 45.9. The summed E-state index contributed by atoms with van der Waals surface area (Å²) in [6, 6.07) is 11.1. The number of nitrogens with zero attached hydrogens (tertiary/aromatic N) is 3. The molecule has 5 N–H and O–H groups in total. The van der Waals surface area contributed by atoms with Crippen molar-refractivity contribution in [3.63, 3.8) is 0 Å². The van der Waals surface area contributed by atoms with Gasteiger partial charge in [0.2, 0.25) is 5.66 Å².